The molecule has 1 heterocycles. The quantitative estimate of drug-likeness (QED) is 0.630. The number of halogens is 2. The summed E-state index contributed by atoms with van der Waals surface area (Å²) in [5, 5.41) is 0.616. The van der Waals surface area contributed by atoms with E-state index in [1.807, 2.05) is 10.6 Å². The molecule has 0 aliphatic heterocycles. The summed E-state index contributed by atoms with van der Waals surface area (Å²) in [6.45, 7) is 2.28. The van der Waals surface area contributed by atoms with Gasteiger partial charge in [0.25, 0.3) is 0 Å². The Hall–Kier alpha value is -1.26. The highest BCUT2D eigenvalue weighted by Gasteiger charge is 2.14. The zero-order valence-corrected chi connectivity index (χ0v) is 12.0. The minimum atomic E-state index is -0.285. The number of esters is 1. The molecule has 0 saturated carbocycles. The molecule has 0 atom stereocenters. The minimum absolute atomic E-state index is 0.137. The smallest absolute Gasteiger partial charge is 0.326 e. The van der Waals surface area contributed by atoms with Gasteiger partial charge in [-0.05, 0) is 25.1 Å². The second-order valence-corrected chi connectivity index (χ2v) is 4.81. The van der Waals surface area contributed by atoms with E-state index in [9.17, 15) is 4.79 Å². The molecule has 0 N–H and O–H groups in total. The van der Waals surface area contributed by atoms with Gasteiger partial charge in [0.2, 0.25) is 0 Å². The lowest BCUT2D eigenvalue weighted by Gasteiger charge is -2.07. The van der Waals surface area contributed by atoms with Gasteiger partial charge < -0.3 is 9.30 Å². The molecule has 0 aliphatic rings. The van der Waals surface area contributed by atoms with Crippen LogP contribution in [0.3, 0.4) is 0 Å². The average molecular weight is 301 g/mol. The van der Waals surface area contributed by atoms with Crippen LogP contribution in [0.25, 0.3) is 11.0 Å². The number of carbonyl (C=O) groups is 1. The van der Waals surface area contributed by atoms with Crippen molar-refractivity contribution in [3.63, 3.8) is 0 Å². The molecule has 0 bridgehead atoms. The summed E-state index contributed by atoms with van der Waals surface area (Å²) >= 11 is 11.7. The number of imidazole rings is 1. The minimum Gasteiger partial charge on any atom is -0.465 e. The summed E-state index contributed by atoms with van der Waals surface area (Å²) < 4.78 is 6.80. The largest absolute Gasteiger partial charge is 0.465 e. The molecule has 1 aromatic heterocycles. The van der Waals surface area contributed by atoms with Crippen LogP contribution in [0, 0.1) is 0 Å². The van der Waals surface area contributed by atoms with Gasteiger partial charge >= 0.3 is 5.97 Å². The third kappa shape index (κ3) is 3.19. The fraction of sp³-hybridized carbons (Fsp3) is 0.385. The lowest BCUT2D eigenvalue weighted by Crippen LogP contribution is -2.15. The molecule has 0 fully saturated rings. The van der Waals surface area contributed by atoms with Gasteiger partial charge in [-0.1, -0.05) is 11.6 Å². The number of fused-ring (bicyclic) bond motifs is 1. The predicted molar refractivity (Wildman–Crippen MR) is 75.8 cm³/mol. The third-order valence-electron chi connectivity index (χ3n) is 2.70. The number of rotatable bonds is 5. The zero-order valence-electron chi connectivity index (χ0n) is 10.5. The fourth-order valence-electron chi connectivity index (χ4n) is 1.94. The molecule has 102 valence electrons. The Balaban J connectivity index is 2.42. The van der Waals surface area contributed by atoms with Crippen LogP contribution in [0.4, 0.5) is 0 Å². The van der Waals surface area contributed by atoms with Gasteiger partial charge in [-0.15, -0.1) is 11.6 Å². The Morgan fingerprint density at radius 2 is 2.26 bits per heavy atom. The van der Waals surface area contributed by atoms with E-state index in [0.29, 0.717) is 23.9 Å². The molecule has 2 aromatic rings. The molecule has 0 spiro atoms. The van der Waals surface area contributed by atoms with Crippen LogP contribution in [-0.4, -0.2) is 28.0 Å². The lowest BCUT2D eigenvalue weighted by molar-refractivity contribution is -0.143. The maximum absolute atomic E-state index is 11.6. The summed E-state index contributed by atoms with van der Waals surface area (Å²) in [4.78, 5) is 16.1. The third-order valence-corrected chi connectivity index (χ3v) is 3.12. The second kappa shape index (κ2) is 6.26. The molecule has 0 aliphatic carbocycles. The van der Waals surface area contributed by atoms with Crippen LogP contribution < -0.4 is 0 Å². The van der Waals surface area contributed by atoms with Crippen LogP contribution in [0.1, 0.15) is 12.7 Å². The summed E-state index contributed by atoms with van der Waals surface area (Å²) in [6, 6.07) is 5.40. The van der Waals surface area contributed by atoms with Crippen molar-refractivity contribution in [3.05, 3.63) is 29.0 Å². The van der Waals surface area contributed by atoms with Gasteiger partial charge in [0.1, 0.15) is 12.4 Å². The van der Waals surface area contributed by atoms with Crippen LogP contribution in [0.5, 0.6) is 0 Å². The zero-order chi connectivity index (χ0) is 13.8. The second-order valence-electron chi connectivity index (χ2n) is 3.99. The highest BCUT2D eigenvalue weighted by atomic mass is 35.5. The molecule has 0 amide bonds. The first-order chi connectivity index (χ1) is 9.15. The molecule has 0 radical (unpaired) electrons. The summed E-state index contributed by atoms with van der Waals surface area (Å²) in [5.74, 6) is 0.924. The molecule has 19 heavy (non-hydrogen) atoms. The van der Waals surface area contributed by atoms with E-state index in [2.05, 4.69) is 4.98 Å². The van der Waals surface area contributed by atoms with Crippen molar-refractivity contribution in [2.24, 2.45) is 0 Å². The lowest BCUT2D eigenvalue weighted by atomic mass is 10.3. The molecule has 0 unspecified atom stereocenters. The van der Waals surface area contributed by atoms with E-state index < -0.39 is 0 Å². The van der Waals surface area contributed by atoms with E-state index in [1.54, 1.807) is 19.1 Å². The number of nitrogens with zero attached hydrogens (tertiary/aromatic N) is 2. The van der Waals surface area contributed by atoms with E-state index in [4.69, 9.17) is 27.9 Å². The van der Waals surface area contributed by atoms with Crippen LogP contribution in [0.2, 0.25) is 5.02 Å². The Morgan fingerprint density at radius 3 is 2.95 bits per heavy atom. The van der Waals surface area contributed by atoms with Crippen LogP contribution in [0.15, 0.2) is 18.2 Å². The number of ether oxygens (including phenoxy) is 1. The van der Waals surface area contributed by atoms with Gasteiger partial charge in [-0.25, -0.2) is 4.98 Å². The van der Waals surface area contributed by atoms with Gasteiger partial charge in [0.15, 0.2) is 0 Å². The van der Waals surface area contributed by atoms with E-state index in [1.165, 1.54) is 0 Å². The number of benzene rings is 1. The van der Waals surface area contributed by atoms with Gasteiger partial charge in [0, 0.05) is 17.3 Å². The van der Waals surface area contributed by atoms with Crippen molar-refractivity contribution in [1.82, 2.24) is 9.55 Å². The van der Waals surface area contributed by atoms with Gasteiger partial charge in [-0.2, -0.15) is 0 Å². The molecule has 6 heteroatoms. The van der Waals surface area contributed by atoms with Gasteiger partial charge in [0.05, 0.1) is 17.6 Å². The molecule has 1 aromatic carbocycles. The van der Waals surface area contributed by atoms with E-state index in [0.717, 1.165) is 16.9 Å². The number of carbonyl (C=O) groups excluding carboxylic acids is 1. The highest BCUT2D eigenvalue weighted by Crippen LogP contribution is 2.21. The first kappa shape index (κ1) is 14.2. The topological polar surface area (TPSA) is 44.1 Å². The molecule has 2 rings (SSSR count). The summed E-state index contributed by atoms with van der Waals surface area (Å²) in [7, 11) is 0. The van der Waals surface area contributed by atoms with Crippen LogP contribution >= 0.6 is 23.2 Å². The number of alkyl halides is 1. The Bertz CT molecular complexity index is 596. The molecular formula is C13H14Cl2N2O2. The Kier molecular flexibility index (Phi) is 4.66. The van der Waals surface area contributed by atoms with Crippen molar-refractivity contribution in [2.75, 3.05) is 12.5 Å². The monoisotopic (exact) mass is 300 g/mol. The molecule has 0 saturated heterocycles. The molecule has 4 nitrogen and oxygen atoms in total. The van der Waals surface area contributed by atoms with Crippen molar-refractivity contribution in [1.29, 1.82) is 0 Å². The molecular weight excluding hydrogens is 287 g/mol. The van der Waals surface area contributed by atoms with Crippen molar-refractivity contribution < 1.29 is 9.53 Å². The number of hydrogen-bond acceptors (Lipinski definition) is 3. The fourth-order valence-corrected chi connectivity index (χ4v) is 2.28. The first-order valence-corrected chi connectivity index (χ1v) is 6.93. The number of hydrogen-bond donors (Lipinski definition) is 0. The predicted octanol–water partition coefficient (Wildman–Crippen LogP) is 3.03. The first-order valence-electron chi connectivity index (χ1n) is 6.02. The highest BCUT2D eigenvalue weighted by molar-refractivity contribution is 6.31. The average Bonchev–Trinajstić information content (AvgIpc) is 2.67. The summed E-state index contributed by atoms with van der Waals surface area (Å²) in [6.07, 6.45) is 0.591. The van der Waals surface area contributed by atoms with Crippen molar-refractivity contribution in [2.45, 2.75) is 19.9 Å². The number of aryl methyl sites for hydroxylation is 1. The van der Waals surface area contributed by atoms with Crippen molar-refractivity contribution >= 4 is 40.2 Å². The number of aromatic nitrogens is 2. The maximum atomic E-state index is 11.6. The standard InChI is InChI=1S/C13H14Cl2N2O2/c1-2-19-13(18)8-17-11-4-3-9(15)7-10(11)16-12(17)5-6-14/h3-4,7H,2,5-6,8H2,1H3. The maximum Gasteiger partial charge on any atom is 0.326 e. The van der Waals surface area contributed by atoms with Crippen LogP contribution in [-0.2, 0) is 22.5 Å². The van der Waals surface area contributed by atoms with E-state index >= 15 is 0 Å². The van der Waals surface area contributed by atoms with E-state index in [-0.39, 0.29) is 12.5 Å². The van der Waals surface area contributed by atoms with Crippen molar-refractivity contribution in [3.8, 4) is 0 Å². The SMILES string of the molecule is CCOC(=O)Cn1c(CCCl)nc2cc(Cl)ccc21. The summed E-state index contributed by atoms with van der Waals surface area (Å²) in [5.41, 5.74) is 1.62. The Labute approximate surface area is 121 Å². The Morgan fingerprint density at radius 1 is 1.47 bits per heavy atom. The van der Waals surface area contributed by atoms with Gasteiger partial charge in [-0.3, -0.25) is 4.79 Å². The normalized spacial score (nSPS) is 10.9.